The molecule has 0 amide bonds. The van der Waals surface area contributed by atoms with Gasteiger partial charge >= 0.3 is 0 Å². The van der Waals surface area contributed by atoms with E-state index in [1.165, 1.54) is 31.7 Å². The van der Waals surface area contributed by atoms with Crippen molar-refractivity contribution in [3.63, 3.8) is 0 Å². The zero-order valence-corrected chi connectivity index (χ0v) is 10.4. The average molecular weight is 236 g/mol. The summed E-state index contributed by atoms with van der Waals surface area (Å²) >= 11 is 0. The van der Waals surface area contributed by atoms with Gasteiger partial charge in [0.2, 0.25) is 0 Å². The molecule has 1 aromatic rings. The van der Waals surface area contributed by atoms with Gasteiger partial charge in [0, 0.05) is 13.1 Å². The molecule has 1 aliphatic rings. The molecule has 0 heterocycles. The Balaban J connectivity index is 1.88. The number of nitrogens with two attached hydrogens (primary N) is 1. The molecular weight excluding hydrogens is 215 g/mol. The summed E-state index contributed by atoms with van der Waals surface area (Å²) in [5.41, 5.74) is 7.24. The number of nitrogens with one attached hydrogen (secondary N) is 1. The fourth-order valence-electron chi connectivity index (χ4n) is 2.64. The summed E-state index contributed by atoms with van der Waals surface area (Å²) in [4.78, 5) is 0. The lowest BCUT2D eigenvalue weighted by Gasteiger charge is -2.24. The highest BCUT2D eigenvalue weighted by Crippen LogP contribution is 2.36. The lowest BCUT2D eigenvalue weighted by atomic mass is 9.89. The molecule has 0 aromatic heterocycles. The van der Waals surface area contributed by atoms with Gasteiger partial charge in [0.15, 0.2) is 0 Å². The Morgan fingerprint density at radius 1 is 1.35 bits per heavy atom. The molecule has 0 saturated heterocycles. The molecule has 2 rings (SSSR count). The fourth-order valence-corrected chi connectivity index (χ4v) is 2.64. The third-order valence-corrected chi connectivity index (χ3v) is 3.82. The predicted molar refractivity (Wildman–Crippen MR) is 69.1 cm³/mol. The molecule has 0 spiro atoms. The van der Waals surface area contributed by atoms with Crippen molar-refractivity contribution in [3.8, 4) is 0 Å². The van der Waals surface area contributed by atoms with Crippen LogP contribution in [0.25, 0.3) is 0 Å². The number of para-hydroxylation sites is 1. The summed E-state index contributed by atoms with van der Waals surface area (Å²) in [6.07, 6.45) is 5.25. The largest absolute Gasteiger partial charge is 0.396 e. The third kappa shape index (κ3) is 2.97. The van der Waals surface area contributed by atoms with Crippen LogP contribution in [0.5, 0.6) is 0 Å². The zero-order chi connectivity index (χ0) is 12.3. The fraction of sp³-hybridized carbons (Fsp3) is 0.571. The van der Waals surface area contributed by atoms with Gasteiger partial charge in [-0.2, -0.15) is 0 Å². The van der Waals surface area contributed by atoms with Gasteiger partial charge in [0.05, 0.1) is 5.69 Å². The molecule has 3 heteroatoms. The first-order valence-corrected chi connectivity index (χ1v) is 6.34. The molecule has 17 heavy (non-hydrogen) atoms. The van der Waals surface area contributed by atoms with Crippen LogP contribution in [0.3, 0.4) is 0 Å². The quantitative estimate of drug-likeness (QED) is 0.788. The van der Waals surface area contributed by atoms with E-state index in [1.807, 2.05) is 6.07 Å². The smallest absolute Gasteiger partial charge is 0.146 e. The van der Waals surface area contributed by atoms with Gasteiger partial charge in [-0.1, -0.05) is 31.9 Å². The van der Waals surface area contributed by atoms with Gasteiger partial charge in [-0.15, -0.1) is 0 Å². The molecule has 0 bridgehead atoms. The second-order valence-electron chi connectivity index (χ2n) is 5.43. The molecule has 94 valence electrons. The van der Waals surface area contributed by atoms with Gasteiger partial charge in [-0.3, -0.25) is 0 Å². The van der Waals surface area contributed by atoms with E-state index < -0.39 is 0 Å². The van der Waals surface area contributed by atoms with Crippen LogP contribution in [-0.2, 0) is 6.54 Å². The normalized spacial score (nSPS) is 18.5. The highest BCUT2D eigenvalue weighted by molar-refractivity contribution is 5.47. The number of hydrogen-bond acceptors (Lipinski definition) is 2. The van der Waals surface area contributed by atoms with Gasteiger partial charge in [-0.25, -0.2) is 4.39 Å². The van der Waals surface area contributed by atoms with Crippen molar-refractivity contribution < 1.29 is 4.39 Å². The van der Waals surface area contributed by atoms with Crippen LogP contribution < -0.4 is 11.1 Å². The minimum absolute atomic E-state index is 0.275. The summed E-state index contributed by atoms with van der Waals surface area (Å²) < 4.78 is 13.2. The first-order chi connectivity index (χ1) is 8.11. The molecule has 3 N–H and O–H groups in total. The monoisotopic (exact) mass is 236 g/mol. The van der Waals surface area contributed by atoms with Crippen molar-refractivity contribution >= 4 is 5.69 Å². The van der Waals surface area contributed by atoms with E-state index in [2.05, 4.69) is 12.2 Å². The Kier molecular flexibility index (Phi) is 3.67. The predicted octanol–water partition coefficient (Wildman–Crippen LogP) is 3.08. The number of benzene rings is 1. The maximum absolute atomic E-state index is 13.2. The molecule has 1 saturated carbocycles. The molecule has 1 fully saturated rings. The third-order valence-electron chi connectivity index (χ3n) is 3.82. The summed E-state index contributed by atoms with van der Waals surface area (Å²) in [5, 5.41) is 3.41. The van der Waals surface area contributed by atoms with E-state index in [4.69, 9.17) is 5.73 Å². The van der Waals surface area contributed by atoms with Crippen molar-refractivity contribution in [2.75, 3.05) is 12.3 Å². The van der Waals surface area contributed by atoms with Crippen LogP contribution >= 0.6 is 0 Å². The Bertz CT molecular complexity index is 384. The minimum Gasteiger partial charge on any atom is -0.396 e. The van der Waals surface area contributed by atoms with Crippen LogP contribution in [0.2, 0.25) is 0 Å². The van der Waals surface area contributed by atoms with E-state index in [-0.39, 0.29) is 11.5 Å². The highest BCUT2D eigenvalue weighted by atomic mass is 19.1. The van der Waals surface area contributed by atoms with E-state index in [0.29, 0.717) is 12.0 Å². The topological polar surface area (TPSA) is 38.0 Å². The molecule has 0 radical (unpaired) electrons. The lowest BCUT2D eigenvalue weighted by Crippen LogP contribution is -2.29. The summed E-state index contributed by atoms with van der Waals surface area (Å²) in [6, 6.07) is 4.99. The maximum atomic E-state index is 13.2. The van der Waals surface area contributed by atoms with Crippen molar-refractivity contribution in [2.45, 2.75) is 39.2 Å². The van der Waals surface area contributed by atoms with E-state index in [9.17, 15) is 4.39 Å². The SMILES string of the molecule is CC1(CNCc2cccc(F)c2N)CCCC1. The Hall–Kier alpha value is -1.09. The van der Waals surface area contributed by atoms with Crippen LogP contribution in [0.15, 0.2) is 18.2 Å². The van der Waals surface area contributed by atoms with Gasteiger partial charge in [-0.05, 0) is 29.9 Å². The molecular formula is C14H21FN2. The lowest BCUT2D eigenvalue weighted by molar-refractivity contribution is 0.314. The van der Waals surface area contributed by atoms with Crippen LogP contribution in [0, 0.1) is 11.2 Å². The molecule has 0 aliphatic heterocycles. The van der Waals surface area contributed by atoms with E-state index in [1.54, 1.807) is 6.07 Å². The Labute approximate surface area is 102 Å². The molecule has 1 aliphatic carbocycles. The molecule has 2 nitrogen and oxygen atoms in total. The Morgan fingerprint density at radius 3 is 2.76 bits per heavy atom. The minimum atomic E-state index is -0.323. The standard InChI is InChI=1S/C14H21FN2/c1-14(7-2-3-8-14)10-17-9-11-5-4-6-12(15)13(11)16/h4-6,17H,2-3,7-10,16H2,1H3. The van der Waals surface area contributed by atoms with Crippen LogP contribution in [0.1, 0.15) is 38.2 Å². The van der Waals surface area contributed by atoms with Crippen molar-refractivity contribution in [2.24, 2.45) is 5.41 Å². The number of anilines is 1. The summed E-state index contributed by atoms with van der Waals surface area (Å²) in [7, 11) is 0. The molecule has 1 aromatic carbocycles. The number of halogens is 1. The summed E-state index contributed by atoms with van der Waals surface area (Å²) in [5.74, 6) is -0.323. The van der Waals surface area contributed by atoms with Crippen molar-refractivity contribution in [3.05, 3.63) is 29.6 Å². The summed E-state index contributed by atoms with van der Waals surface area (Å²) in [6.45, 7) is 3.96. The second-order valence-corrected chi connectivity index (χ2v) is 5.43. The van der Waals surface area contributed by atoms with E-state index >= 15 is 0 Å². The van der Waals surface area contributed by atoms with Crippen LogP contribution in [0.4, 0.5) is 10.1 Å². The molecule has 0 atom stereocenters. The number of rotatable bonds is 4. The number of hydrogen-bond donors (Lipinski definition) is 2. The second kappa shape index (κ2) is 5.05. The average Bonchev–Trinajstić information content (AvgIpc) is 2.72. The van der Waals surface area contributed by atoms with Gasteiger partial charge < -0.3 is 11.1 Å². The van der Waals surface area contributed by atoms with Gasteiger partial charge in [0.25, 0.3) is 0 Å². The highest BCUT2D eigenvalue weighted by Gasteiger charge is 2.27. The van der Waals surface area contributed by atoms with Gasteiger partial charge in [0.1, 0.15) is 5.82 Å². The van der Waals surface area contributed by atoms with Crippen molar-refractivity contribution in [1.29, 1.82) is 0 Å². The van der Waals surface area contributed by atoms with Crippen molar-refractivity contribution in [1.82, 2.24) is 5.32 Å². The first-order valence-electron chi connectivity index (χ1n) is 6.34. The maximum Gasteiger partial charge on any atom is 0.146 e. The zero-order valence-electron chi connectivity index (χ0n) is 10.4. The van der Waals surface area contributed by atoms with Crippen LogP contribution in [-0.4, -0.2) is 6.54 Å². The first kappa shape index (κ1) is 12.4. The Morgan fingerprint density at radius 2 is 2.06 bits per heavy atom. The number of nitrogen functional groups attached to an aromatic ring is 1. The molecule has 0 unspecified atom stereocenters. The van der Waals surface area contributed by atoms with E-state index in [0.717, 1.165) is 12.1 Å².